The zero-order valence-electron chi connectivity index (χ0n) is 9.81. The molecule has 0 N–H and O–H groups in total. The molecule has 0 bridgehead atoms. The molecule has 0 aliphatic carbocycles. The Morgan fingerprint density at radius 1 is 0.833 bits per heavy atom. The summed E-state index contributed by atoms with van der Waals surface area (Å²) >= 11 is 0. The molecule has 4 atom stereocenters. The van der Waals surface area contributed by atoms with Crippen molar-refractivity contribution in [2.24, 2.45) is 0 Å². The second-order valence-corrected chi connectivity index (χ2v) is 7.54. The van der Waals surface area contributed by atoms with E-state index in [-0.39, 0.29) is 37.6 Å². The van der Waals surface area contributed by atoms with Crippen LogP contribution < -0.4 is 0 Å². The predicted molar refractivity (Wildman–Crippen MR) is 58.9 cm³/mol. The summed E-state index contributed by atoms with van der Waals surface area (Å²) < 4.78 is 62.5. The van der Waals surface area contributed by atoms with Gasteiger partial charge < -0.3 is 9.47 Å². The summed E-state index contributed by atoms with van der Waals surface area (Å²) in [5.41, 5.74) is 0. The molecule has 2 aliphatic heterocycles. The van der Waals surface area contributed by atoms with Gasteiger partial charge in [0.15, 0.2) is 0 Å². The van der Waals surface area contributed by atoms with Crippen LogP contribution >= 0.6 is 0 Å². The van der Waals surface area contributed by atoms with E-state index in [0.717, 1.165) is 12.5 Å². The molecule has 2 rings (SSSR count). The first-order valence-electron chi connectivity index (χ1n) is 5.15. The average Bonchev–Trinajstić information content (AvgIpc) is 3.04. The van der Waals surface area contributed by atoms with Crippen LogP contribution in [0.2, 0.25) is 0 Å². The van der Waals surface area contributed by atoms with Crippen LogP contribution in [-0.4, -0.2) is 67.0 Å². The van der Waals surface area contributed by atoms with E-state index in [9.17, 15) is 16.8 Å². The van der Waals surface area contributed by atoms with Gasteiger partial charge >= 0.3 is 0 Å². The first-order valence-corrected chi connectivity index (χ1v) is 8.79. The van der Waals surface area contributed by atoms with Crippen molar-refractivity contribution in [1.82, 2.24) is 0 Å². The monoisotopic (exact) mass is 302 g/mol. The number of epoxide rings is 2. The first-order chi connectivity index (χ1) is 8.16. The largest absolute Gasteiger partial charge is 0.364 e. The summed E-state index contributed by atoms with van der Waals surface area (Å²) in [5, 5.41) is 0. The maximum absolute atomic E-state index is 10.7. The topological polar surface area (TPSA) is 112 Å². The van der Waals surface area contributed by atoms with Gasteiger partial charge in [0.25, 0.3) is 20.2 Å². The fraction of sp³-hybridized carbons (Fsp3) is 1.00. The van der Waals surface area contributed by atoms with E-state index in [0.29, 0.717) is 0 Å². The summed E-state index contributed by atoms with van der Waals surface area (Å²) in [5.74, 6) is 0. The molecule has 2 fully saturated rings. The second kappa shape index (κ2) is 4.69. The quantitative estimate of drug-likeness (QED) is 0.411. The summed E-state index contributed by atoms with van der Waals surface area (Å²) in [6, 6.07) is 0. The minimum absolute atomic E-state index is 0.0526. The Labute approximate surface area is 105 Å². The molecule has 0 spiro atoms. The lowest BCUT2D eigenvalue weighted by atomic mass is 10.2. The van der Waals surface area contributed by atoms with Crippen molar-refractivity contribution >= 4 is 20.2 Å². The Hall–Kier alpha value is -0.260. The summed E-state index contributed by atoms with van der Waals surface area (Å²) in [4.78, 5) is 0. The maximum atomic E-state index is 10.7. The highest BCUT2D eigenvalue weighted by Gasteiger charge is 2.57. The van der Waals surface area contributed by atoms with Crippen LogP contribution in [0, 0.1) is 0 Å². The average molecular weight is 302 g/mol. The second-order valence-electron chi connectivity index (χ2n) is 4.26. The van der Waals surface area contributed by atoms with Gasteiger partial charge in [-0.05, 0) is 0 Å². The van der Waals surface area contributed by atoms with Gasteiger partial charge in [-0.15, -0.1) is 0 Å². The number of hydrogen-bond acceptors (Lipinski definition) is 8. The van der Waals surface area contributed by atoms with E-state index >= 15 is 0 Å². The zero-order valence-corrected chi connectivity index (χ0v) is 11.4. The maximum Gasteiger partial charge on any atom is 0.264 e. The molecule has 2 saturated heterocycles. The highest BCUT2D eigenvalue weighted by atomic mass is 32.2. The standard InChI is InChI=1S/C8H14O8S2/c1-17(9,10)13-3-5-7(15-5)8-6(16-8)4-14-18(2,11)12/h5-8H,3-4H2,1-2H3/t5-,6-,7-,8-/m0/s1. The molecule has 18 heavy (non-hydrogen) atoms. The van der Waals surface area contributed by atoms with Gasteiger partial charge in [0.2, 0.25) is 0 Å². The van der Waals surface area contributed by atoms with Crippen LogP contribution in [0.1, 0.15) is 0 Å². The lowest BCUT2D eigenvalue weighted by Crippen LogP contribution is -2.16. The van der Waals surface area contributed by atoms with Crippen LogP contribution in [-0.2, 0) is 38.1 Å². The van der Waals surface area contributed by atoms with Gasteiger partial charge in [0, 0.05) is 0 Å². The van der Waals surface area contributed by atoms with Crippen molar-refractivity contribution in [2.75, 3.05) is 25.7 Å². The van der Waals surface area contributed by atoms with Crippen LogP contribution in [0.15, 0.2) is 0 Å². The Morgan fingerprint density at radius 2 is 1.17 bits per heavy atom. The molecule has 106 valence electrons. The molecule has 2 aliphatic rings. The highest BCUT2D eigenvalue weighted by Crippen LogP contribution is 2.39. The van der Waals surface area contributed by atoms with Crippen molar-refractivity contribution in [3.05, 3.63) is 0 Å². The third kappa shape index (κ3) is 4.44. The number of hydrogen-bond donors (Lipinski definition) is 0. The first kappa shape index (κ1) is 14.2. The van der Waals surface area contributed by atoms with Gasteiger partial charge in [-0.2, -0.15) is 16.8 Å². The van der Waals surface area contributed by atoms with Gasteiger partial charge in [-0.1, -0.05) is 0 Å². The third-order valence-electron chi connectivity index (χ3n) is 2.46. The molecular formula is C8H14O8S2. The molecule has 0 aromatic carbocycles. The predicted octanol–water partition coefficient (Wildman–Crippen LogP) is -1.53. The molecule has 0 aromatic rings. The highest BCUT2D eigenvalue weighted by molar-refractivity contribution is 7.86. The normalized spacial score (nSPS) is 35.4. The van der Waals surface area contributed by atoms with Gasteiger partial charge in [0.1, 0.15) is 24.4 Å². The van der Waals surface area contributed by atoms with E-state index in [4.69, 9.17) is 9.47 Å². The summed E-state index contributed by atoms with van der Waals surface area (Å²) in [7, 11) is -6.95. The Bertz CT molecular complexity index is 461. The van der Waals surface area contributed by atoms with Crippen molar-refractivity contribution in [3.63, 3.8) is 0 Å². The van der Waals surface area contributed by atoms with Crippen LogP contribution in [0.5, 0.6) is 0 Å². The van der Waals surface area contributed by atoms with Crippen molar-refractivity contribution < 1.29 is 34.7 Å². The lowest BCUT2D eigenvalue weighted by molar-refractivity contribution is 0.255. The van der Waals surface area contributed by atoms with Crippen LogP contribution in [0.3, 0.4) is 0 Å². The van der Waals surface area contributed by atoms with Gasteiger partial charge in [-0.3, -0.25) is 8.37 Å². The molecule has 0 aromatic heterocycles. The molecule has 0 radical (unpaired) electrons. The Balaban J connectivity index is 1.66. The van der Waals surface area contributed by atoms with E-state index < -0.39 is 20.2 Å². The molecule has 0 unspecified atom stereocenters. The summed E-state index contributed by atoms with van der Waals surface area (Å²) in [6.07, 6.45) is 0.766. The minimum atomic E-state index is -3.48. The number of ether oxygens (including phenoxy) is 2. The number of rotatable bonds is 7. The molecular weight excluding hydrogens is 288 g/mol. The van der Waals surface area contributed by atoms with Crippen molar-refractivity contribution in [2.45, 2.75) is 24.4 Å². The fourth-order valence-corrected chi connectivity index (χ4v) is 2.30. The zero-order chi connectivity index (χ0) is 13.6. The lowest BCUT2D eigenvalue weighted by Gasteiger charge is -1.96. The minimum Gasteiger partial charge on any atom is -0.364 e. The smallest absolute Gasteiger partial charge is 0.264 e. The van der Waals surface area contributed by atoms with Crippen LogP contribution in [0.25, 0.3) is 0 Å². The van der Waals surface area contributed by atoms with Gasteiger partial charge in [0.05, 0.1) is 25.7 Å². The van der Waals surface area contributed by atoms with E-state index in [1.807, 2.05) is 0 Å². The molecule has 10 heteroatoms. The van der Waals surface area contributed by atoms with E-state index in [1.165, 1.54) is 0 Å². The fourth-order valence-electron chi connectivity index (χ4n) is 1.54. The molecule has 8 nitrogen and oxygen atoms in total. The Kier molecular flexibility index (Phi) is 3.69. The van der Waals surface area contributed by atoms with Crippen LogP contribution in [0.4, 0.5) is 0 Å². The summed E-state index contributed by atoms with van der Waals surface area (Å²) in [6.45, 7) is -0.105. The van der Waals surface area contributed by atoms with E-state index in [1.54, 1.807) is 0 Å². The van der Waals surface area contributed by atoms with Gasteiger partial charge in [-0.25, -0.2) is 0 Å². The molecule has 0 amide bonds. The Morgan fingerprint density at radius 3 is 1.44 bits per heavy atom. The van der Waals surface area contributed by atoms with Crippen molar-refractivity contribution in [1.29, 1.82) is 0 Å². The molecule has 0 saturated carbocycles. The van der Waals surface area contributed by atoms with Crippen molar-refractivity contribution in [3.8, 4) is 0 Å². The SMILES string of the molecule is CS(=O)(=O)OC[C@@H]1O[C@@H]1[C@H]1O[C@H]1COS(C)(=O)=O. The third-order valence-corrected chi connectivity index (χ3v) is 3.59. The molecule has 2 heterocycles. The van der Waals surface area contributed by atoms with E-state index in [2.05, 4.69) is 8.37 Å².